The van der Waals surface area contributed by atoms with Crippen molar-refractivity contribution in [3.63, 3.8) is 0 Å². The van der Waals surface area contributed by atoms with Crippen LogP contribution in [0.5, 0.6) is 0 Å². The van der Waals surface area contributed by atoms with Crippen molar-refractivity contribution in [1.29, 1.82) is 0 Å². The predicted octanol–water partition coefficient (Wildman–Crippen LogP) is -3.16. The average molecular weight is 410 g/mol. The molecule has 0 radical (unpaired) electrons. The van der Waals surface area contributed by atoms with Gasteiger partial charge in [-0.2, -0.15) is 0 Å². The van der Waals surface area contributed by atoms with E-state index in [0.717, 1.165) is 0 Å². The van der Waals surface area contributed by atoms with Crippen LogP contribution in [-0.4, -0.2) is 118 Å². The SMILES string of the molecule is OC[C@H]1C[C@@H](O)[C@H](O)[C@@H](O[C@H]2CO[C@H](CO[C@H]3OC[C@@H](O)C[C@H]3O)[C@@H](O)C2)O1. The Balaban J connectivity index is 1.43. The lowest BCUT2D eigenvalue weighted by atomic mass is 10.0. The topological polar surface area (TPSA) is 168 Å². The van der Waals surface area contributed by atoms with Crippen LogP contribution in [0.15, 0.2) is 0 Å². The van der Waals surface area contributed by atoms with Gasteiger partial charge in [-0.15, -0.1) is 0 Å². The number of aliphatic hydroxyl groups excluding tert-OH is 6. The highest BCUT2D eigenvalue weighted by atomic mass is 16.7. The smallest absolute Gasteiger partial charge is 0.186 e. The molecule has 3 fully saturated rings. The molecule has 164 valence electrons. The highest BCUT2D eigenvalue weighted by molar-refractivity contribution is 4.84. The van der Waals surface area contributed by atoms with Gasteiger partial charge in [0.2, 0.25) is 0 Å². The van der Waals surface area contributed by atoms with Crippen LogP contribution in [0, 0.1) is 0 Å². The Bertz CT molecular complexity index is 480. The molecule has 11 heteroatoms. The van der Waals surface area contributed by atoms with Gasteiger partial charge in [0.15, 0.2) is 12.6 Å². The first kappa shape index (κ1) is 22.2. The Labute approximate surface area is 162 Å². The number of hydrogen-bond acceptors (Lipinski definition) is 11. The van der Waals surface area contributed by atoms with Gasteiger partial charge in [-0.05, 0) is 0 Å². The van der Waals surface area contributed by atoms with Crippen LogP contribution < -0.4 is 0 Å². The maximum absolute atomic E-state index is 10.3. The summed E-state index contributed by atoms with van der Waals surface area (Å²) in [6.07, 6.45) is -8.42. The van der Waals surface area contributed by atoms with Gasteiger partial charge in [0, 0.05) is 19.3 Å². The molecule has 0 aliphatic carbocycles. The zero-order valence-corrected chi connectivity index (χ0v) is 15.4. The highest BCUT2D eigenvalue weighted by Crippen LogP contribution is 2.26. The summed E-state index contributed by atoms with van der Waals surface area (Å²) >= 11 is 0. The Morgan fingerprint density at radius 3 is 2.29 bits per heavy atom. The van der Waals surface area contributed by atoms with Crippen molar-refractivity contribution in [3.05, 3.63) is 0 Å². The van der Waals surface area contributed by atoms with Crippen molar-refractivity contribution >= 4 is 0 Å². The van der Waals surface area contributed by atoms with Gasteiger partial charge in [-0.3, -0.25) is 0 Å². The number of hydrogen-bond donors (Lipinski definition) is 6. The Hall–Kier alpha value is -0.440. The first-order valence-electron chi connectivity index (χ1n) is 9.54. The molecule has 0 aromatic heterocycles. The normalized spacial score (nSPS) is 47.8. The van der Waals surface area contributed by atoms with Gasteiger partial charge in [0.05, 0.1) is 56.9 Å². The Morgan fingerprint density at radius 1 is 0.821 bits per heavy atom. The van der Waals surface area contributed by atoms with Gasteiger partial charge in [-0.1, -0.05) is 0 Å². The summed E-state index contributed by atoms with van der Waals surface area (Å²) in [5.74, 6) is 0. The van der Waals surface area contributed by atoms with Crippen LogP contribution in [0.2, 0.25) is 0 Å². The second kappa shape index (κ2) is 10.0. The minimum Gasteiger partial charge on any atom is -0.394 e. The van der Waals surface area contributed by atoms with E-state index in [1.807, 2.05) is 0 Å². The van der Waals surface area contributed by atoms with Crippen molar-refractivity contribution in [2.75, 3.05) is 26.4 Å². The lowest BCUT2D eigenvalue weighted by Crippen LogP contribution is -2.53. The molecular formula is C17H30O11. The van der Waals surface area contributed by atoms with Crippen LogP contribution in [0.25, 0.3) is 0 Å². The molecule has 10 atom stereocenters. The van der Waals surface area contributed by atoms with Gasteiger partial charge in [0.1, 0.15) is 18.3 Å². The third kappa shape index (κ3) is 5.58. The molecule has 3 heterocycles. The first-order chi connectivity index (χ1) is 13.4. The van der Waals surface area contributed by atoms with Crippen molar-refractivity contribution in [3.8, 4) is 0 Å². The maximum Gasteiger partial charge on any atom is 0.186 e. The van der Waals surface area contributed by atoms with E-state index in [-0.39, 0.29) is 45.7 Å². The average Bonchev–Trinajstić information content (AvgIpc) is 2.65. The highest BCUT2D eigenvalue weighted by Gasteiger charge is 2.41. The van der Waals surface area contributed by atoms with Crippen LogP contribution >= 0.6 is 0 Å². The van der Waals surface area contributed by atoms with Crippen LogP contribution in [0.1, 0.15) is 19.3 Å². The largest absolute Gasteiger partial charge is 0.394 e. The summed E-state index contributed by atoms with van der Waals surface area (Å²) in [5.41, 5.74) is 0. The van der Waals surface area contributed by atoms with Crippen molar-refractivity contribution in [2.45, 2.75) is 80.7 Å². The van der Waals surface area contributed by atoms with E-state index in [1.54, 1.807) is 0 Å². The number of rotatable bonds is 6. The zero-order chi connectivity index (χ0) is 20.3. The third-order valence-corrected chi connectivity index (χ3v) is 5.17. The molecule has 6 N–H and O–H groups in total. The monoisotopic (exact) mass is 410 g/mol. The van der Waals surface area contributed by atoms with Crippen molar-refractivity contribution < 1.29 is 54.3 Å². The zero-order valence-electron chi connectivity index (χ0n) is 15.4. The van der Waals surface area contributed by atoms with E-state index in [4.69, 9.17) is 23.7 Å². The quantitative estimate of drug-likeness (QED) is 0.261. The molecule has 0 amide bonds. The van der Waals surface area contributed by atoms with Gasteiger partial charge in [0.25, 0.3) is 0 Å². The van der Waals surface area contributed by atoms with E-state index in [2.05, 4.69) is 0 Å². The molecular weight excluding hydrogens is 380 g/mol. The molecule has 0 saturated carbocycles. The van der Waals surface area contributed by atoms with Crippen molar-refractivity contribution in [2.24, 2.45) is 0 Å². The predicted molar refractivity (Wildman–Crippen MR) is 89.9 cm³/mol. The fourth-order valence-corrected chi connectivity index (χ4v) is 3.54. The summed E-state index contributed by atoms with van der Waals surface area (Å²) in [7, 11) is 0. The number of ether oxygens (including phenoxy) is 5. The minimum absolute atomic E-state index is 0.0143. The standard InChI is InChI=1S/C17H30O11/c18-4-9-2-12(21)15(23)17(27-9)28-10-3-11(20)14(24-6-10)7-26-16-13(22)1-8(19)5-25-16/h8-23H,1-7H2/t8-,9+,10+,11-,12+,13+,14+,15-,16+,17+/m0/s1. The molecule has 11 nitrogen and oxygen atoms in total. The molecule has 0 spiro atoms. The molecule has 3 aliphatic heterocycles. The fourth-order valence-electron chi connectivity index (χ4n) is 3.54. The first-order valence-corrected chi connectivity index (χ1v) is 9.54. The van der Waals surface area contributed by atoms with Crippen LogP contribution in [-0.2, 0) is 23.7 Å². The minimum atomic E-state index is -1.26. The molecule has 28 heavy (non-hydrogen) atoms. The maximum atomic E-state index is 10.3. The van der Waals surface area contributed by atoms with Gasteiger partial charge < -0.3 is 54.3 Å². The van der Waals surface area contributed by atoms with E-state index < -0.39 is 61.4 Å². The van der Waals surface area contributed by atoms with E-state index in [1.165, 1.54) is 0 Å². The molecule has 0 bridgehead atoms. The summed E-state index contributed by atoms with van der Waals surface area (Å²) in [5, 5.41) is 58.6. The second-order valence-electron chi connectivity index (χ2n) is 7.53. The molecule has 3 rings (SSSR count). The van der Waals surface area contributed by atoms with E-state index >= 15 is 0 Å². The van der Waals surface area contributed by atoms with Crippen LogP contribution in [0.4, 0.5) is 0 Å². The lowest BCUT2D eigenvalue weighted by Gasteiger charge is -2.40. The van der Waals surface area contributed by atoms with Gasteiger partial charge in [-0.25, -0.2) is 0 Å². The van der Waals surface area contributed by atoms with E-state index in [0.29, 0.717) is 0 Å². The summed E-state index contributed by atoms with van der Waals surface area (Å²) in [6.45, 7) is -0.154. The molecule has 0 aromatic rings. The summed E-state index contributed by atoms with van der Waals surface area (Å²) in [6, 6.07) is 0. The Morgan fingerprint density at radius 2 is 1.61 bits per heavy atom. The summed E-state index contributed by atoms with van der Waals surface area (Å²) < 4.78 is 27.3. The molecule has 3 saturated heterocycles. The molecule has 3 aliphatic rings. The summed E-state index contributed by atoms with van der Waals surface area (Å²) in [4.78, 5) is 0. The van der Waals surface area contributed by atoms with E-state index in [9.17, 15) is 30.6 Å². The molecule has 0 aromatic carbocycles. The second-order valence-corrected chi connectivity index (χ2v) is 7.53. The lowest BCUT2D eigenvalue weighted by molar-refractivity contribution is -0.301. The molecule has 0 unspecified atom stereocenters. The third-order valence-electron chi connectivity index (χ3n) is 5.17. The van der Waals surface area contributed by atoms with Crippen molar-refractivity contribution in [1.82, 2.24) is 0 Å². The fraction of sp³-hybridized carbons (Fsp3) is 1.00. The number of aliphatic hydroxyl groups is 6. The van der Waals surface area contributed by atoms with Gasteiger partial charge >= 0.3 is 0 Å². The van der Waals surface area contributed by atoms with Crippen LogP contribution in [0.3, 0.4) is 0 Å². The Kier molecular flexibility index (Phi) is 7.98.